The monoisotopic (exact) mass is 545 g/mol. The van der Waals surface area contributed by atoms with Crippen molar-refractivity contribution in [3.8, 4) is 0 Å². The normalized spacial score (nSPS) is 15.3. The van der Waals surface area contributed by atoms with Crippen LogP contribution in [0.25, 0.3) is 0 Å². The van der Waals surface area contributed by atoms with Gasteiger partial charge in [-0.25, -0.2) is 0 Å². The number of nitrogens with two attached hydrogens (primary N) is 1. The third-order valence-electron chi connectivity index (χ3n) is 7.58. The summed E-state index contributed by atoms with van der Waals surface area (Å²) in [6.45, 7) is 0.853. The summed E-state index contributed by atoms with van der Waals surface area (Å²) in [4.78, 5) is 29.6. The number of likely N-dealkylation sites (tertiary alicyclic amines) is 1. The van der Waals surface area contributed by atoms with Gasteiger partial charge in [0.05, 0.1) is 0 Å². The Balaban J connectivity index is 1.41. The third kappa shape index (κ3) is 6.64. The van der Waals surface area contributed by atoms with E-state index in [-0.39, 0.29) is 23.6 Å². The van der Waals surface area contributed by atoms with E-state index in [0.29, 0.717) is 25.1 Å². The van der Waals surface area contributed by atoms with Crippen LogP contribution in [0.4, 0.5) is 5.69 Å². The van der Waals surface area contributed by atoms with Crippen LogP contribution >= 0.6 is 0 Å². The van der Waals surface area contributed by atoms with Gasteiger partial charge in [-0.1, -0.05) is 103 Å². The minimum atomic E-state index is -0.630. The highest BCUT2D eigenvalue weighted by Gasteiger charge is 2.40. The van der Waals surface area contributed by atoms with E-state index in [1.807, 2.05) is 78.9 Å². The highest BCUT2D eigenvalue weighted by molar-refractivity contribution is 5.95. The van der Waals surface area contributed by atoms with Crippen molar-refractivity contribution < 1.29 is 9.59 Å². The minimum absolute atomic E-state index is 0.00340. The molecule has 1 fully saturated rings. The molecular weight excluding hydrogens is 510 g/mol. The summed E-state index contributed by atoms with van der Waals surface area (Å²) in [5, 5.41) is 14.1. The van der Waals surface area contributed by atoms with Crippen molar-refractivity contribution in [1.29, 1.82) is 5.41 Å². The molecule has 0 unspecified atom stereocenters. The average Bonchev–Trinajstić information content (AvgIpc) is 3.51. The number of amides is 2. The lowest BCUT2D eigenvalue weighted by atomic mass is 9.84. The Morgan fingerprint density at radius 3 is 1.95 bits per heavy atom. The van der Waals surface area contributed by atoms with Gasteiger partial charge < -0.3 is 21.3 Å². The van der Waals surface area contributed by atoms with Crippen molar-refractivity contribution in [3.05, 3.63) is 138 Å². The number of nitrogen functional groups attached to an aromatic ring is 1. The Morgan fingerprint density at radius 2 is 1.39 bits per heavy atom. The molecular formula is C34H35N5O2. The quantitative estimate of drug-likeness (QED) is 0.168. The molecule has 41 heavy (non-hydrogen) atoms. The predicted octanol–water partition coefficient (Wildman–Crippen LogP) is 4.89. The number of rotatable bonds is 10. The van der Waals surface area contributed by atoms with E-state index in [2.05, 4.69) is 34.9 Å². The van der Waals surface area contributed by atoms with Gasteiger partial charge in [-0.05, 0) is 41.7 Å². The van der Waals surface area contributed by atoms with Crippen LogP contribution in [-0.2, 0) is 16.1 Å². The fourth-order valence-electron chi connectivity index (χ4n) is 5.49. The summed E-state index contributed by atoms with van der Waals surface area (Å²) >= 11 is 0. The molecule has 4 aromatic rings. The Kier molecular flexibility index (Phi) is 8.74. The fourth-order valence-corrected chi connectivity index (χ4v) is 5.49. The molecule has 0 aliphatic carbocycles. The molecule has 7 heteroatoms. The number of hydrogen-bond donors (Lipinski definition) is 4. The molecule has 1 aliphatic rings. The Hall–Kier alpha value is -4.91. The zero-order chi connectivity index (χ0) is 28.6. The molecule has 5 N–H and O–H groups in total. The second kappa shape index (κ2) is 13.0. The van der Waals surface area contributed by atoms with Gasteiger partial charge in [0.25, 0.3) is 0 Å². The number of carbonyl (C=O) groups excluding carboxylic acids is 2. The van der Waals surface area contributed by atoms with E-state index in [0.717, 1.165) is 28.8 Å². The smallest absolute Gasteiger partial charge is 0.246 e. The summed E-state index contributed by atoms with van der Waals surface area (Å²) in [5.41, 5.74) is 9.98. The number of carbonyl (C=O) groups is 2. The first-order chi connectivity index (χ1) is 20.0. The van der Waals surface area contributed by atoms with E-state index in [1.54, 1.807) is 17.0 Å². The lowest BCUT2D eigenvalue weighted by Gasteiger charge is -2.34. The first-order valence-corrected chi connectivity index (χ1v) is 13.9. The number of para-hydroxylation sites is 1. The van der Waals surface area contributed by atoms with Crippen molar-refractivity contribution in [2.75, 3.05) is 11.9 Å². The van der Waals surface area contributed by atoms with E-state index < -0.39 is 12.1 Å². The van der Waals surface area contributed by atoms with Crippen LogP contribution < -0.4 is 16.4 Å². The Morgan fingerprint density at radius 1 is 0.829 bits per heavy atom. The molecule has 5 rings (SSSR count). The van der Waals surface area contributed by atoms with E-state index in [4.69, 9.17) is 11.1 Å². The number of amidine groups is 1. The van der Waals surface area contributed by atoms with Crippen LogP contribution in [0.15, 0.2) is 115 Å². The molecule has 0 spiro atoms. The third-order valence-corrected chi connectivity index (χ3v) is 7.58. The number of anilines is 1. The van der Waals surface area contributed by atoms with Crippen LogP contribution in [-0.4, -0.2) is 41.2 Å². The van der Waals surface area contributed by atoms with Crippen molar-refractivity contribution in [3.63, 3.8) is 0 Å². The Bertz CT molecular complexity index is 1420. The number of nitrogens with one attached hydrogen (secondary N) is 3. The van der Waals surface area contributed by atoms with Gasteiger partial charge in [-0.15, -0.1) is 0 Å². The SMILES string of the molecule is N=C(N)c1ccc(CNC(=O)[C@@H]2CCCN2C(=O)[C@H](Nc2ccccc2)C(c2ccccc2)c2ccccc2)cc1. The van der Waals surface area contributed by atoms with Gasteiger partial charge in [0.2, 0.25) is 11.8 Å². The largest absolute Gasteiger partial charge is 0.384 e. The molecule has 2 amide bonds. The highest BCUT2D eigenvalue weighted by atomic mass is 16.2. The standard InChI is InChI=1S/C34H35N5O2/c35-32(36)27-20-18-24(19-21-27)23-37-33(40)29-17-10-22-39(29)34(41)31(38-28-15-8-3-9-16-28)30(25-11-4-1-5-12-25)26-13-6-2-7-14-26/h1-9,11-16,18-21,29-31,38H,10,17,22-23H2,(H3,35,36)(H,37,40)/t29-,31+/m0/s1. The van der Waals surface area contributed by atoms with Crippen LogP contribution in [0.2, 0.25) is 0 Å². The van der Waals surface area contributed by atoms with Gasteiger partial charge in [0, 0.05) is 30.3 Å². The summed E-state index contributed by atoms with van der Waals surface area (Å²) in [5.74, 6) is -0.533. The van der Waals surface area contributed by atoms with Gasteiger partial charge in [0.15, 0.2) is 0 Å². The van der Waals surface area contributed by atoms with Crippen molar-refractivity contribution >= 4 is 23.3 Å². The molecule has 4 aromatic carbocycles. The zero-order valence-electron chi connectivity index (χ0n) is 22.9. The average molecular weight is 546 g/mol. The number of nitrogens with zero attached hydrogens (tertiary/aromatic N) is 1. The molecule has 208 valence electrons. The summed E-state index contributed by atoms with van der Waals surface area (Å²) < 4.78 is 0. The number of benzene rings is 4. The van der Waals surface area contributed by atoms with Crippen LogP contribution in [0, 0.1) is 5.41 Å². The van der Waals surface area contributed by atoms with E-state index >= 15 is 0 Å². The van der Waals surface area contributed by atoms with E-state index in [1.165, 1.54) is 0 Å². The topological polar surface area (TPSA) is 111 Å². The second-order valence-electron chi connectivity index (χ2n) is 10.3. The van der Waals surface area contributed by atoms with Crippen LogP contribution in [0.1, 0.15) is 41.0 Å². The van der Waals surface area contributed by atoms with Crippen molar-refractivity contribution in [2.24, 2.45) is 5.73 Å². The summed E-state index contributed by atoms with van der Waals surface area (Å²) in [6.07, 6.45) is 1.37. The van der Waals surface area contributed by atoms with E-state index in [9.17, 15) is 9.59 Å². The molecule has 0 radical (unpaired) electrons. The lowest BCUT2D eigenvalue weighted by Crippen LogP contribution is -2.52. The van der Waals surface area contributed by atoms with Gasteiger partial charge in [-0.2, -0.15) is 0 Å². The maximum Gasteiger partial charge on any atom is 0.246 e. The first kappa shape index (κ1) is 27.6. The molecule has 1 saturated heterocycles. The zero-order valence-corrected chi connectivity index (χ0v) is 22.9. The van der Waals surface area contributed by atoms with Gasteiger partial charge in [0.1, 0.15) is 17.9 Å². The highest BCUT2D eigenvalue weighted by Crippen LogP contribution is 2.33. The molecule has 0 saturated carbocycles. The Labute approximate surface area is 240 Å². The minimum Gasteiger partial charge on any atom is -0.384 e. The maximum absolute atomic E-state index is 14.5. The van der Waals surface area contributed by atoms with Gasteiger partial charge >= 0.3 is 0 Å². The van der Waals surface area contributed by atoms with Crippen molar-refractivity contribution in [2.45, 2.75) is 37.4 Å². The number of hydrogen-bond acceptors (Lipinski definition) is 4. The molecule has 0 aromatic heterocycles. The maximum atomic E-state index is 14.5. The van der Waals surface area contributed by atoms with Crippen LogP contribution in [0.5, 0.6) is 0 Å². The second-order valence-corrected chi connectivity index (χ2v) is 10.3. The summed E-state index contributed by atoms with van der Waals surface area (Å²) in [6, 6.07) is 35.9. The molecule has 0 bridgehead atoms. The first-order valence-electron chi connectivity index (χ1n) is 13.9. The predicted molar refractivity (Wildman–Crippen MR) is 163 cm³/mol. The van der Waals surface area contributed by atoms with Gasteiger partial charge in [-0.3, -0.25) is 15.0 Å². The van der Waals surface area contributed by atoms with Crippen molar-refractivity contribution in [1.82, 2.24) is 10.2 Å². The fraction of sp³-hybridized carbons (Fsp3) is 0.206. The summed E-state index contributed by atoms with van der Waals surface area (Å²) in [7, 11) is 0. The lowest BCUT2D eigenvalue weighted by molar-refractivity contribution is -0.139. The molecule has 2 atom stereocenters. The van der Waals surface area contributed by atoms with Crippen LogP contribution in [0.3, 0.4) is 0 Å². The molecule has 1 aliphatic heterocycles. The molecule has 7 nitrogen and oxygen atoms in total. The molecule has 1 heterocycles.